The Kier molecular flexibility index (Phi) is 4.37. The van der Waals surface area contributed by atoms with Crippen LogP contribution in [0.3, 0.4) is 0 Å². The number of hydrogen-bond acceptors (Lipinski definition) is 5. The topological polar surface area (TPSA) is 97.0 Å². The molecule has 1 aromatic heterocycles. The van der Waals surface area contributed by atoms with Gasteiger partial charge in [0.25, 0.3) is 5.91 Å². The monoisotopic (exact) mass is 307 g/mol. The van der Waals surface area contributed by atoms with Crippen LogP contribution in [-0.2, 0) is 6.54 Å². The number of aromatic nitrogens is 3. The summed E-state index contributed by atoms with van der Waals surface area (Å²) in [5, 5.41) is 6.89. The van der Waals surface area contributed by atoms with E-state index in [4.69, 9.17) is 5.73 Å². The number of nitrogen functional groups attached to an aromatic ring is 1. The van der Waals surface area contributed by atoms with Gasteiger partial charge in [0.2, 0.25) is 0 Å². The van der Waals surface area contributed by atoms with Crippen LogP contribution in [-0.4, -0.2) is 39.7 Å². The van der Waals surface area contributed by atoms with Crippen molar-refractivity contribution in [1.29, 1.82) is 0 Å². The molecule has 1 amide bonds. The smallest absolute Gasteiger partial charge is 0.343 e. The van der Waals surface area contributed by atoms with Gasteiger partial charge in [-0.3, -0.25) is 9.36 Å². The van der Waals surface area contributed by atoms with Gasteiger partial charge >= 0.3 is 5.69 Å². The molecular formula is C13H17N5O2S. The summed E-state index contributed by atoms with van der Waals surface area (Å²) in [4.78, 5) is 25.7. The highest BCUT2D eigenvalue weighted by molar-refractivity contribution is 7.99. The number of amides is 1. The number of aromatic amines is 1. The van der Waals surface area contributed by atoms with Crippen molar-refractivity contribution in [2.24, 2.45) is 0 Å². The van der Waals surface area contributed by atoms with Crippen molar-refractivity contribution in [2.45, 2.75) is 23.5 Å². The van der Waals surface area contributed by atoms with Crippen molar-refractivity contribution < 1.29 is 4.79 Å². The molecule has 1 heterocycles. The second kappa shape index (κ2) is 6.04. The molecule has 0 saturated heterocycles. The molecule has 1 aromatic carbocycles. The minimum atomic E-state index is -0.265. The van der Waals surface area contributed by atoms with E-state index in [9.17, 15) is 9.59 Å². The first kappa shape index (κ1) is 15.2. The van der Waals surface area contributed by atoms with Crippen molar-refractivity contribution >= 4 is 23.4 Å². The summed E-state index contributed by atoms with van der Waals surface area (Å²) in [7, 11) is 3.38. The van der Waals surface area contributed by atoms with E-state index >= 15 is 0 Å². The number of nitrogens with one attached hydrogen (secondary N) is 1. The lowest BCUT2D eigenvalue weighted by molar-refractivity contribution is 0.0827. The fourth-order valence-corrected chi connectivity index (χ4v) is 2.75. The number of carbonyl (C=O) groups is 1. The Balaban J connectivity index is 2.37. The Morgan fingerprint density at radius 3 is 2.81 bits per heavy atom. The molecule has 0 radical (unpaired) electrons. The minimum absolute atomic E-state index is 0.105. The van der Waals surface area contributed by atoms with Crippen molar-refractivity contribution in [3.63, 3.8) is 0 Å². The van der Waals surface area contributed by atoms with Gasteiger partial charge in [-0.2, -0.15) is 0 Å². The van der Waals surface area contributed by atoms with Crippen LogP contribution in [0.2, 0.25) is 0 Å². The summed E-state index contributed by atoms with van der Waals surface area (Å²) in [6, 6.07) is 5.07. The summed E-state index contributed by atoms with van der Waals surface area (Å²) in [5.41, 5.74) is 6.75. The fourth-order valence-electron chi connectivity index (χ4n) is 1.77. The molecule has 112 valence electrons. The van der Waals surface area contributed by atoms with Gasteiger partial charge in [0.15, 0.2) is 5.16 Å². The van der Waals surface area contributed by atoms with Crippen LogP contribution in [0.5, 0.6) is 0 Å². The Morgan fingerprint density at radius 1 is 1.48 bits per heavy atom. The molecule has 0 unspecified atom stereocenters. The molecule has 2 aromatic rings. The number of anilines is 1. The van der Waals surface area contributed by atoms with E-state index in [1.54, 1.807) is 32.3 Å². The average molecular weight is 307 g/mol. The largest absolute Gasteiger partial charge is 0.398 e. The molecule has 0 fully saturated rings. The van der Waals surface area contributed by atoms with Crippen molar-refractivity contribution in [3.05, 3.63) is 34.2 Å². The second-order valence-corrected chi connectivity index (χ2v) is 5.62. The normalized spacial score (nSPS) is 10.6. The highest BCUT2D eigenvalue weighted by Crippen LogP contribution is 2.31. The van der Waals surface area contributed by atoms with Crippen LogP contribution in [0.4, 0.5) is 5.69 Å². The maximum atomic E-state index is 12.0. The number of benzene rings is 1. The summed E-state index contributed by atoms with van der Waals surface area (Å²) in [6.45, 7) is 2.37. The predicted octanol–water partition coefficient (Wildman–Crippen LogP) is 1.03. The maximum Gasteiger partial charge on any atom is 0.343 e. The van der Waals surface area contributed by atoms with E-state index in [-0.39, 0.29) is 11.6 Å². The molecule has 3 N–H and O–H groups in total. The van der Waals surface area contributed by atoms with Crippen molar-refractivity contribution in [1.82, 2.24) is 19.7 Å². The van der Waals surface area contributed by atoms with E-state index in [0.717, 1.165) is 0 Å². The maximum absolute atomic E-state index is 12.0. The van der Waals surface area contributed by atoms with Gasteiger partial charge < -0.3 is 10.6 Å². The van der Waals surface area contributed by atoms with Gasteiger partial charge in [0.1, 0.15) is 0 Å². The Hall–Kier alpha value is -2.22. The van der Waals surface area contributed by atoms with Crippen LogP contribution in [0.1, 0.15) is 17.3 Å². The van der Waals surface area contributed by atoms with Crippen LogP contribution in [0.15, 0.2) is 33.0 Å². The quantitative estimate of drug-likeness (QED) is 0.822. The van der Waals surface area contributed by atoms with Crippen LogP contribution in [0, 0.1) is 0 Å². The molecule has 0 saturated carbocycles. The lowest BCUT2D eigenvalue weighted by atomic mass is 10.2. The summed E-state index contributed by atoms with van der Waals surface area (Å²) in [5.74, 6) is -0.105. The third-order valence-corrected chi connectivity index (χ3v) is 3.98. The van der Waals surface area contributed by atoms with E-state index in [1.165, 1.54) is 21.2 Å². The molecule has 8 heteroatoms. The summed E-state index contributed by atoms with van der Waals surface area (Å²) in [6.07, 6.45) is 0. The van der Waals surface area contributed by atoms with Crippen LogP contribution < -0.4 is 11.4 Å². The minimum Gasteiger partial charge on any atom is -0.398 e. The number of H-pyrrole nitrogens is 1. The average Bonchev–Trinajstić information content (AvgIpc) is 2.80. The SMILES string of the molecule is CCn1c(Sc2cc(C(=O)N(C)C)ccc2N)n[nH]c1=O. The first-order valence-corrected chi connectivity index (χ1v) is 7.20. The molecule has 0 aliphatic rings. The van der Waals surface area contributed by atoms with Crippen LogP contribution in [0.25, 0.3) is 0 Å². The highest BCUT2D eigenvalue weighted by Gasteiger charge is 2.14. The lowest BCUT2D eigenvalue weighted by Gasteiger charge is -2.12. The van der Waals surface area contributed by atoms with Gasteiger partial charge in [0.05, 0.1) is 0 Å². The third-order valence-electron chi connectivity index (χ3n) is 2.91. The van der Waals surface area contributed by atoms with Gasteiger partial charge in [0, 0.05) is 36.8 Å². The van der Waals surface area contributed by atoms with Gasteiger partial charge in [-0.15, -0.1) is 5.10 Å². The predicted molar refractivity (Wildman–Crippen MR) is 81.5 cm³/mol. The fraction of sp³-hybridized carbons (Fsp3) is 0.308. The number of carbonyl (C=O) groups excluding carboxylic acids is 1. The standard InChI is InChI=1S/C13H17N5O2S/c1-4-18-12(20)15-16-13(18)21-10-7-8(5-6-9(10)14)11(19)17(2)3/h5-7H,4,14H2,1-3H3,(H,15,20). The molecule has 7 nitrogen and oxygen atoms in total. The molecule has 0 aliphatic carbocycles. The van der Waals surface area contributed by atoms with E-state index in [0.29, 0.717) is 27.8 Å². The molecule has 0 aliphatic heterocycles. The summed E-state index contributed by atoms with van der Waals surface area (Å²) < 4.78 is 1.50. The molecular weight excluding hydrogens is 290 g/mol. The van der Waals surface area contributed by atoms with Crippen LogP contribution >= 0.6 is 11.8 Å². The Morgan fingerprint density at radius 2 is 2.19 bits per heavy atom. The Labute approximate surface area is 126 Å². The molecule has 2 rings (SSSR count). The summed E-state index contributed by atoms with van der Waals surface area (Å²) >= 11 is 1.25. The number of rotatable bonds is 4. The first-order valence-electron chi connectivity index (χ1n) is 6.38. The molecule has 0 spiro atoms. The molecule has 0 atom stereocenters. The zero-order valence-electron chi connectivity index (χ0n) is 12.1. The highest BCUT2D eigenvalue weighted by atomic mass is 32.2. The molecule has 21 heavy (non-hydrogen) atoms. The zero-order valence-corrected chi connectivity index (χ0v) is 12.9. The molecule has 0 bridgehead atoms. The Bertz CT molecular complexity index is 720. The van der Waals surface area contributed by atoms with Gasteiger partial charge in [-0.1, -0.05) is 0 Å². The number of nitrogens with two attached hydrogens (primary N) is 1. The van der Waals surface area contributed by atoms with E-state index in [2.05, 4.69) is 10.2 Å². The van der Waals surface area contributed by atoms with Crippen molar-refractivity contribution in [3.8, 4) is 0 Å². The van der Waals surface area contributed by atoms with Crippen molar-refractivity contribution in [2.75, 3.05) is 19.8 Å². The number of nitrogens with zero attached hydrogens (tertiary/aromatic N) is 3. The number of hydrogen-bond donors (Lipinski definition) is 2. The van der Waals surface area contributed by atoms with Gasteiger partial charge in [-0.05, 0) is 36.9 Å². The van der Waals surface area contributed by atoms with E-state index < -0.39 is 0 Å². The van der Waals surface area contributed by atoms with E-state index in [1.807, 2.05) is 6.92 Å². The zero-order chi connectivity index (χ0) is 15.6. The second-order valence-electron chi connectivity index (χ2n) is 4.61. The van der Waals surface area contributed by atoms with Gasteiger partial charge in [-0.25, -0.2) is 9.89 Å². The third kappa shape index (κ3) is 3.10. The first-order chi connectivity index (χ1) is 9.93. The lowest BCUT2D eigenvalue weighted by Crippen LogP contribution is -2.21.